The molecule has 8 nitrogen and oxygen atoms in total. The Kier molecular flexibility index (Phi) is 5.04. The molecule has 2 aliphatic rings. The summed E-state index contributed by atoms with van der Waals surface area (Å²) in [4.78, 5) is 35.2. The average Bonchev–Trinajstić information content (AvgIpc) is 2.74. The predicted octanol–water partition coefficient (Wildman–Crippen LogP) is 0.730. The number of amides is 1. The fourth-order valence-corrected chi connectivity index (χ4v) is 3.91. The minimum Gasteiger partial charge on any atom is -0.369 e. The van der Waals surface area contributed by atoms with E-state index in [0.717, 1.165) is 57.1 Å². The Labute approximate surface area is 157 Å². The Hall–Kier alpha value is -2.90. The monoisotopic (exact) mass is 368 g/mol. The van der Waals surface area contributed by atoms with Crippen LogP contribution >= 0.6 is 0 Å². The lowest BCUT2D eigenvalue weighted by molar-refractivity contribution is -0.136. The van der Waals surface area contributed by atoms with Crippen LogP contribution in [0.5, 0.6) is 0 Å². The number of carbonyl (C=O) groups excluding carboxylic acids is 1. The molecule has 0 bridgehead atoms. The Morgan fingerprint density at radius 1 is 1.11 bits per heavy atom. The number of piperazine rings is 1. The number of aromatic nitrogens is 3. The van der Waals surface area contributed by atoms with Crippen molar-refractivity contribution in [1.82, 2.24) is 20.1 Å². The van der Waals surface area contributed by atoms with E-state index in [1.54, 1.807) is 18.5 Å². The van der Waals surface area contributed by atoms with Crippen molar-refractivity contribution < 1.29 is 4.79 Å². The number of nitrogens with zero attached hydrogens (tertiary/aromatic N) is 5. The van der Waals surface area contributed by atoms with Crippen molar-refractivity contribution in [2.45, 2.75) is 12.8 Å². The first kappa shape index (κ1) is 17.5. The van der Waals surface area contributed by atoms with E-state index in [2.05, 4.69) is 25.0 Å². The second-order valence-electron chi connectivity index (χ2n) is 7.09. The highest BCUT2D eigenvalue weighted by Crippen LogP contribution is 2.24. The molecular formula is C19H24N6O2. The molecule has 27 heavy (non-hydrogen) atoms. The third-order valence-corrected chi connectivity index (χ3v) is 5.35. The molecule has 0 aromatic carbocycles. The van der Waals surface area contributed by atoms with Crippen molar-refractivity contribution in [2.75, 3.05) is 49.1 Å². The number of pyridine rings is 1. The zero-order valence-electron chi connectivity index (χ0n) is 15.3. The summed E-state index contributed by atoms with van der Waals surface area (Å²) in [6.45, 7) is 4.54. The van der Waals surface area contributed by atoms with Crippen LogP contribution in [0, 0.1) is 5.92 Å². The van der Waals surface area contributed by atoms with Crippen LogP contribution in [0.15, 0.2) is 41.5 Å². The summed E-state index contributed by atoms with van der Waals surface area (Å²) in [5, 5.41) is 6.27. The number of anilines is 2. The van der Waals surface area contributed by atoms with E-state index < -0.39 is 0 Å². The molecule has 0 radical (unpaired) electrons. The Bertz CT molecular complexity index is 831. The summed E-state index contributed by atoms with van der Waals surface area (Å²) >= 11 is 0. The molecule has 4 heterocycles. The number of rotatable bonds is 3. The maximum absolute atomic E-state index is 13.0. The normalized spacial score (nSPS) is 20.6. The highest BCUT2D eigenvalue weighted by Gasteiger charge is 2.31. The number of aromatic amines is 1. The molecule has 1 N–H and O–H groups in total. The number of hydrogen-bond donors (Lipinski definition) is 1. The van der Waals surface area contributed by atoms with Gasteiger partial charge in [-0.1, -0.05) is 6.07 Å². The minimum atomic E-state index is -0.216. The number of piperidine rings is 1. The zero-order chi connectivity index (χ0) is 18.6. The van der Waals surface area contributed by atoms with E-state index in [-0.39, 0.29) is 17.4 Å². The van der Waals surface area contributed by atoms with Crippen LogP contribution in [0.3, 0.4) is 0 Å². The van der Waals surface area contributed by atoms with Gasteiger partial charge in [0.05, 0.1) is 17.8 Å². The maximum Gasteiger partial charge on any atom is 0.266 e. The van der Waals surface area contributed by atoms with Gasteiger partial charge >= 0.3 is 0 Å². The first-order chi connectivity index (χ1) is 13.2. The minimum absolute atomic E-state index is 0.0283. The van der Waals surface area contributed by atoms with Gasteiger partial charge in [-0.25, -0.2) is 10.1 Å². The smallest absolute Gasteiger partial charge is 0.266 e. The standard InChI is InChI=1S/C19H24N6O2/c26-18-12-16(13-21-22-18)25-7-3-4-15(14-25)19(27)24-10-8-23(9-11-24)17-5-1-2-6-20-17/h1-2,5-6,12-13,15H,3-4,7-11,14H2,(H,22,26)/t15-/m1/s1. The van der Waals surface area contributed by atoms with Gasteiger partial charge in [-0.3, -0.25) is 9.59 Å². The summed E-state index contributed by atoms with van der Waals surface area (Å²) in [6, 6.07) is 7.45. The summed E-state index contributed by atoms with van der Waals surface area (Å²) < 4.78 is 0. The third-order valence-electron chi connectivity index (χ3n) is 5.35. The molecule has 2 fully saturated rings. The van der Waals surface area contributed by atoms with Crippen molar-refractivity contribution in [3.05, 3.63) is 47.0 Å². The van der Waals surface area contributed by atoms with E-state index in [0.29, 0.717) is 6.54 Å². The van der Waals surface area contributed by atoms with Crippen molar-refractivity contribution in [1.29, 1.82) is 0 Å². The molecule has 0 saturated carbocycles. The molecule has 2 aliphatic heterocycles. The lowest BCUT2D eigenvalue weighted by atomic mass is 9.96. The lowest BCUT2D eigenvalue weighted by Crippen LogP contribution is -2.52. The van der Waals surface area contributed by atoms with Gasteiger partial charge in [0.25, 0.3) is 5.56 Å². The summed E-state index contributed by atoms with van der Waals surface area (Å²) in [5.74, 6) is 1.16. The van der Waals surface area contributed by atoms with E-state index in [1.807, 2.05) is 23.1 Å². The van der Waals surface area contributed by atoms with Crippen molar-refractivity contribution >= 4 is 17.4 Å². The first-order valence-corrected chi connectivity index (χ1v) is 9.45. The largest absolute Gasteiger partial charge is 0.369 e. The quantitative estimate of drug-likeness (QED) is 0.860. The van der Waals surface area contributed by atoms with Crippen LogP contribution in [0.1, 0.15) is 12.8 Å². The van der Waals surface area contributed by atoms with Gasteiger partial charge < -0.3 is 14.7 Å². The van der Waals surface area contributed by atoms with E-state index in [1.165, 1.54) is 0 Å². The van der Waals surface area contributed by atoms with Crippen molar-refractivity contribution in [3.63, 3.8) is 0 Å². The molecule has 8 heteroatoms. The van der Waals surface area contributed by atoms with Gasteiger partial charge in [0.15, 0.2) is 0 Å². The maximum atomic E-state index is 13.0. The van der Waals surface area contributed by atoms with Crippen LogP contribution < -0.4 is 15.4 Å². The molecule has 1 amide bonds. The Morgan fingerprint density at radius 3 is 2.70 bits per heavy atom. The summed E-state index contributed by atoms with van der Waals surface area (Å²) in [5.41, 5.74) is 0.572. The molecule has 2 aromatic heterocycles. The van der Waals surface area contributed by atoms with Gasteiger partial charge in [0.1, 0.15) is 5.82 Å². The first-order valence-electron chi connectivity index (χ1n) is 9.45. The van der Waals surface area contributed by atoms with Crippen molar-refractivity contribution in [3.8, 4) is 0 Å². The molecule has 0 unspecified atom stereocenters. The van der Waals surface area contributed by atoms with Gasteiger partial charge in [-0.2, -0.15) is 5.10 Å². The molecule has 1 atom stereocenters. The third kappa shape index (κ3) is 3.94. The molecule has 2 saturated heterocycles. The van der Waals surface area contributed by atoms with Gasteiger partial charge in [-0.05, 0) is 25.0 Å². The molecule has 142 valence electrons. The van der Waals surface area contributed by atoms with Crippen LogP contribution in [-0.2, 0) is 4.79 Å². The highest BCUT2D eigenvalue weighted by atomic mass is 16.2. The molecule has 0 aliphatic carbocycles. The van der Waals surface area contributed by atoms with Gasteiger partial charge in [0.2, 0.25) is 5.91 Å². The second kappa shape index (κ2) is 7.77. The molecule has 2 aromatic rings. The van der Waals surface area contributed by atoms with Crippen LogP contribution in [-0.4, -0.2) is 65.3 Å². The number of H-pyrrole nitrogens is 1. The summed E-state index contributed by atoms with van der Waals surface area (Å²) in [7, 11) is 0. The van der Waals surface area contributed by atoms with Gasteiger partial charge in [-0.15, -0.1) is 0 Å². The predicted molar refractivity (Wildman–Crippen MR) is 103 cm³/mol. The fourth-order valence-electron chi connectivity index (χ4n) is 3.91. The molecule has 0 spiro atoms. The zero-order valence-corrected chi connectivity index (χ0v) is 15.3. The Balaban J connectivity index is 1.36. The highest BCUT2D eigenvalue weighted by molar-refractivity contribution is 5.80. The number of hydrogen-bond acceptors (Lipinski definition) is 6. The molecule has 4 rings (SSSR count). The molecular weight excluding hydrogens is 344 g/mol. The van der Waals surface area contributed by atoms with E-state index >= 15 is 0 Å². The SMILES string of the molecule is O=C([C@@H]1CCCN(c2cn[nH]c(=O)c2)C1)N1CCN(c2ccccn2)CC1. The lowest BCUT2D eigenvalue weighted by Gasteiger charge is -2.39. The second-order valence-corrected chi connectivity index (χ2v) is 7.09. The van der Waals surface area contributed by atoms with E-state index in [9.17, 15) is 9.59 Å². The van der Waals surface area contributed by atoms with E-state index in [4.69, 9.17) is 0 Å². The number of nitrogens with one attached hydrogen (secondary N) is 1. The fraction of sp³-hybridized carbons (Fsp3) is 0.474. The topological polar surface area (TPSA) is 85.4 Å². The van der Waals surface area contributed by atoms with Crippen LogP contribution in [0.4, 0.5) is 11.5 Å². The van der Waals surface area contributed by atoms with Crippen LogP contribution in [0.2, 0.25) is 0 Å². The number of carbonyl (C=O) groups is 1. The summed E-state index contributed by atoms with van der Waals surface area (Å²) in [6.07, 6.45) is 5.29. The van der Waals surface area contributed by atoms with Crippen LogP contribution in [0.25, 0.3) is 0 Å². The van der Waals surface area contributed by atoms with Gasteiger partial charge in [0, 0.05) is 51.5 Å². The average molecular weight is 368 g/mol. The van der Waals surface area contributed by atoms with Crippen molar-refractivity contribution in [2.24, 2.45) is 5.92 Å². The Morgan fingerprint density at radius 2 is 1.96 bits per heavy atom.